The van der Waals surface area contributed by atoms with Crippen LogP contribution >= 0.6 is 11.6 Å². The van der Waals surface area contributed by atoms with Gasteiger partial charge in [0.1, 0.15) is 0 Å². The van der Waals surface area contributed by atoms with Gasteiger partial charge in [0, 0.05) is 18.1 Å². The lowest BCUT2D eigenvalue weighted by molar-refractivity contribution is -0.125. The lowest BCUT2D eigenvalue weighted by Gasteiger charge is -2.30. The van der Waals surface area contributed by atoms with Gasteiger partial charge in [-0.2, -0.15) is 0 Å². The van der Waals surface area contributed by atoms with Crippen molar-refractivity contribution in [2.75, 3.05) is 17.3 Å². The van der Waals surface area contributed by atoms with Crippen LogP contribution in [-0.4, -0.2) is 18.3 Å². The second-order valence-corrected chi connectivity index (χ2v) is 5.12. The van der Waals surface area contributed by atoms with E-state index >= 15 is 0 Å². The quantitative estimate of drug-likeness (QED) is 0.751. The summed E-state index contributed by atoms with van der Waals surface area (Å²) in [4.78, 5) is 14.2. The van der Waals surface area contributed by atoms with E-state index in [-0.39, 0.29) is 5.91 Å². The Kier molecular flexibility index (Phi) is 4.58. The average molecular weight is 254 g/mol. The fraction of sp³-hybridized carbons (Fsp3) is 0.500. The number of benzene rings is 1. The predicted octanol–water partition coefficient (Wildman–Crippen LogP) is 3.61. The van der Waals surface area contributed by atoms with Crippen molar-refractivity contribution in [2.45, 2.75) is 27.7 Å². The molecule has 0 aliphatic carbocycles. The van der Waals surface area contributed by atoms with E-state index in [1.54, 1.807) is 4.90 Å². The highest BCUT2D eigenvalue weighted by Crippen LogP contribution is 2.26. The van der Waals surface area contributed by atoms with Crippen LogP contribution in [0.5, 0.6) is 0 Å². The molecule has 1 amide bonds. The first-order valence-electron chi connectivity index (χ1n) is 5.87. The Bertz CT molecular complexity index is 401. The summed E-state index contributed by atoms with van der Waals surface area (Å²) >= 11 is 5.87. The van der Waals surface area contributed by atoms with Gasteiger partial charge in [0.2, 0.25) is 5.91 Å². The topological polar surface area (TPSA) is 20.3 Å². The second-order valence-electron chi connectivity index (χ2n) is 4.85. The molecule has 0 saturated carbocycles. The van der Waals surface area contributed by atoms with Gasteiger partial charge < -0.3 is 4.90 Å². The van der Waals surface area contributed by atoms with Crippen LogP contribution in [-0.2, 0) is 4.79 Å². The summed E-state index contributed by atoms with van der Waals surface area (Å²) in [7, 11) is 0. The van der Waals surface area contributed by atoms with Gasteiger partial charge in [0.05, 0.1) is 5.41 Å². The van der Waals surface area contributed by atoms with Crippen molar-refractivity contribution in [3.05, 3.63) is 29.8 Å². The molecule has 0 saturated heterocycles. The molecule has 94 valence electrons. The number of amides is 1. The summed E-state index contributed by atoms with van der Waals surface area (Å²) in [5, 5.41) is 0. The first-order valence-corrected chi connectivity index (χ1v) is 6.41. The van der Waals surface area contributed by atoms with E-state index < -0.39 is 5.41 Å². The van der Waals surface area contributed by atoms with Crippen molar-refractivity contribution in [3.8, 4) is 0 Å². The molecule has 0 radical (unpaired) electrons. The number of para-hydroxylation sites is 1. The van der Waals surface area contributed by atoms with E-state index in [2.05, 4.69) is 0 Å². The number of hydrogen-bond acceptors (Lipinski definition) is 1. The van der Waals surface area contributed by atoms with Crippen LogP contribution in [0, 0.1) is 12.3 Å². The third-order valence-electron chi connectivity index (χ3n) is 2.88. The summed E-state index contributed by atoms with van der Waals surface area (Å²) in [6.45, 7) is 8.41. The summed E-state index contributed by atoms with van der Waals surface area (Å²) in [5.74, 6) is 0.401. The molecule has 0 aliphatic heterocycles. The van der Waals surface area contributed by atoms with E-state index in [1.165, 1.54) is 0 Å². The Morgan fingerprint density at radius 2 is 1.94 bits per heavy atom. The maximum atomic E-state index is 12.4. The van der Waals surface area contributed by atoms with Crippen LogP contribution in [0.4, 0.5) is 5.69 Å². The van der Waals surface area contributed by atoms with E-state index in [0.29, 0.717) is 12.4 Å². The number of aryl methyl sites for hydroxylation is 1. The zero-order chi connectivity index (χ0) is 13.1. The molecule has 2 nitrogen and oxygen atoms in total. The largest absolute Gasteiger partial charge is 0.312 e. The molecule has 0 fully saturated rings. The van der Waals surface area contributed by atoms with Crippen LogP contribution < -0.4 is 4.90 Å². The number of alkyl halides is 1. The Morgan fingerprint density at radius 1 is 1.35 bits per heavy atom. The van der Waals surface area contributed by atoms with Crippen LogP contribution in [0.15, 0.2) is 24.3 Å². The van der Waals surface area contributed by atoms with Crippen molar-refractivity contribution < 1.29 is 4.79 Å². The first kappa shape index (κ1) is 14.0. The van der Waals surface area contributed by atoms with Crippen LogP contribution in [0.25, 0.3) is 0 Å². The smallest absolute Gasteiger partial charge is 0.233 e. The highest BCUT2D eigenvalue weighted by atomic mass is 35.5. The van der Waals surface area contributed by atoms with E-state index in [1.807, 2.05) is 52.0 Å². The van der Waals surface area contributed by atoms with Crippen molar-refractivity contribution in [1.29, 1.82) is 0 Å². The fourth-order valence-corrected chi connectivity index (χ4v) is 1.83. The molecule has 0 atom stereocenters. The zero-order valence-electron chi connectivity index (χ0n) is 11.0. The first-order chi connectivity index (χ1) is 7.94. The monoisotopic (exact) mass is 253 g/mol. The van der Waals surface area contributed by atoms with Crippen LogP contribution in [0.3, 0.4) is 0 Å². The zero-order valence-corrected chi connectivity index (χ0v) is 11.7. The van der Waals surface area contributed by atoms with E-state index in [9.17, 15) is 4.79 Å². The number of halogens is 1. The summed E-state index contributed by atoms with van der Waals surface area (Å²) in [6, 6.07) is 7.91. The molecule has 0 bridgehead atoms. The highest BCUT2D eigenvalue weighted by Gasteiger charge is 2.31. The SMILES string of the molecule is CCN(C(=O)C(C)(C)CCl)c1ccccc1C. The molecule has 0 aliphatic rings. The molecule has 1 aromatic rings. The van der Waals surface area contributed by atoms with Crippen LogP contribution in [0.1, 0.15) is 26.3 Å². The number of carbonyl (C=O) groups excluding carboxylic acids is 1. The number of nitrogens with zero attached hydrogens (tertiary/aromatic N) is 1. The Hall–Kier alpha value is -1.02. The number of carbonyl (C=O) groups is 1. The molecule has 0 N–H and O–H groups in total. The highest BCUT2D eigenvalue weighted by molar-refractivity contribution is 6.20. The van der Waals surface area contributed by atoms with Gasteiger partial charge in [-0.3, -0.25) is 4.79 Å². The maximum absolute atomic E-state index is 12.4. The van der Waals surface area contributed by atoms with Gasteiger partial charge in [-0.05, 0) is 39.3 Å². The van der Waals surface area contributed by atoms with Crippen LogP contribution in [0.2, 0.25) is 0 Å². The molecule has 0 heterocycles. The van der Waals surface area contributed by atoms with E-state index in [4.69, 9.17) is 11.6 Å². The number of hydrogen-bond donors (Lipinski definition) is 0. The lowest BCUT2D eigenvalue weighted by atomic mass is 9.93. The summed E-state index contributed by atoms with van der Waals surface area (Å²) in [5.41, 5.74) is 1.55. The van der Waals surface area contributed by atoms with Crippen molar-refractivity contribution in [1.82, 2.24) is 0 Å². The number of anilines is 1. The molecule has 1 rings (SSSR count). The van der Waals surface area contributed by atoms with Gasteiger partial charge >= 0.3 is 0 Å². The van der Waals surface area contributed by atoms with Gasteiger partial charge in [-0.1, -0.05) is 18.2 Å². The van der Waals surface area contributed by atoms with Crippen molar-refractivity contribution in [2.24, 2.45) is 5.41 Å². The predicted molar refractivity (Wildman–Crippen MR) is 73.7 cm³/mol. The second kappa shape index (κ2) is 5.54. The Labute approximate surface area is 109 Å². The van der Waals surface area contributed by atoms with Gasteiger partial charge in [-0.15, -0.1) is 11.6 Å². The molecular weight excluding hydrogens is 234 g/mol. The van der Waals surface area contributed by atoms with Crippen molar-refractivity contribution in [3.63, 3.8) is 0 Å². The molecule has 17 heavy (non-hydrogen) atoms. The van der Waals surface area contributed by atoms with Gasteiger partial charge in [0.15, 0.2) is 0 Å². The molecule has 0 spiro atoms. The molecule has 3 heteroatoms. The minimum Gasteiger partial charge on any atom is -0.312 e. The Morgan fingerprint density at radius 3 is 2.41 bits per heavy atom. The summed E-state index contributed by atoms with van der Waals surface area (Å²) < 4.78 is 0. The van der Waals surface area contributed by atoms with E-state index in [0.717, 1.165) is 11.3 Å². The standard InChI is InChI=1S/C14H20ClNO/c1-5-16(13(17)14(3,4)10-15)12-9-7-6-8-11(12)2/h6-9H,5,10H2,1-4H3. The Balaban J connectivity index is 3.09. The molecule has 0 unspecified atom stereocenters. The maximum Gasteiger partial charge on any atom is 0.233 e. The van der Waals surface area contributed by atoms with Crippen molar-refractivity contribution >= 4 is 23.2 Å². The van der Waals surface area contributed by atoms with Gasteiger partial charge in [-0.25, -0.2) is 0 Å². The average Bonchev–Trinajstić information content (AvgIpc) is 2.32. The van der Waals surface area contributed by atoms with Gasteiger partial charge in [0.25, 0.3) is 0 Å². The normalized spacial score (nSPS) is 11.4. The number of rotatable bonds is 4. The minimum absolute atomic E-state index is 0.0734. The molecular formula is C14H20ClNO. The third-order valence-corrected chi connectivity index (χ3v) is 3.55. The third kappa shape index (κ3) is 3.01. The lowest BCUT2D eigenvalue weighted by Crippen LogP contribution is -2.42. The summed E-state index contributed by atoms with van der Waals surface area (Å²) in [6.07, 6.45) is 0. The molecule has 0 aromatic heterocycles. The minimum atomic E-state index is -0.528. The molecule has 1 aromatic carbocycles. The fourth-order valence-electron chi connectivity index (χ4n) is 1.71.